The van der Waals surface area contributed by atoms with Crippen molar-refractivity contribution >= 4 is 23.9 Å². The van der Waals surface area contributed by atoms with Crippen LogP contribution in [0.4, 0.5) is 9.59 Å². The highest BCUT2D eigenvalue weighted by Gasteiger charge is 2.45. The zero-order chi connectivity index (χ0) is 16.9. The fourth-order valence-corrected chi connectivity index (χ4v) is 2.60. The van der Waals surface area contributed by atoms with E-state index in [-0.39, 0.29) is 12.0 Å². The molecule has 8 heteroatoms. The van der Waals surface area contributed by atoms with Crippen LogP contribution < -0.4 is 0 Å². The van der Waals surface area contributed by atoms with E-state index in [9.17, 15) is 19.2 Å². The first-order valence-electron chi connectivity index (χ1n) is 6.84. The summed E-state index contributed by atoms with van der Waals surface area (Å²) in [5.74, 6) is -0.796. The number of urea groups is 2. The second kappa shape index (κ2) is 4.82. The lowest BCUT2D eigenvalue weighted by atomic mass is 9.93. The van der Waals surface area contributed by atoms with Crippen LogP contribution in [0.2, 0.25) is 0 Å². The fraction of sp³-hybridized carbons (Fsp3) is 0.571. The number of hydrogen-bond donors (Lipinski definition) is 0. The van der Waals surface area contributed by atoms with Gasteiger partial charge in [0.1, 0.15) is 0 Å². The molecule has 2 aliphatic rings. The molecular weight excluding hydrogens is 288 g/mol. The summed E-state index contributed by atoms with van der Waals surface area (Å²) in [5.41, 5.74) is -1.38. The Labute approximate surface area is 127 Å². The van der Waals surface area contributed by atoms with E-state index in [1.54, 1.807) is 34.6 Å². The molecule has 2 rings (SSSR count). The summed E-state index contributed by atoms with van der Waals surface area (Å²) < 4.78 is 0. The van der Waals surface area contributed by atoms with Crippen molar-refractivity contribution in [3.05, 3.63) is 11.6 Å². The van der Waals surface area contributed by atoms with Crippen LogP contribution in [0.25, 0.3) is 0 Å². The molecule has 0 aliphatic carbocycles. The average Bonchev–Trinajstić information content (AvgIpc) is 2.79. The van der Waals surface area contributed by atoms with Gasteiger partial charge in [0, 0.05) is 23.6 Å². The first-order chi connectivity index (χ1) is 9.95. The van der Waals surface area contributed by atoms with E-state index in [2.05, 4.69) is 10.2 Å². The largest absolute Gasteiger partial charge is 0.371 e. The van der Waals surface area contributed by atoms with Gasteiger partial charge >= 0.3 is 12.1 Å². The summed E-state index contributed by atoms with van der Waals surface area (Å²) in [7, 11) is 0. The maximum Gasteiger partial charge on any atom is 0.371 e. The van der Waals surface area contributed by atoms with Crippen molar-refractivity contribution < 1.29 is 19.2 Å². The first kappa shape index (κ1) is 16.0. The van der Waals surface area contributed by atoms with Crippen LogP contribution >= 0.6 is 0 Å². The van der Waals surface area contributed by atoms with Crippen LogP contribution in [0.5, 0.6) is 0 Å². The molecule has 0 unspecified atom stereocenters. The van der Waals surface area contributed by atoms with Crippen LogP contribution in [0.3, 0.4) is 0 Å². The highest BCUT2D eigenvalue weighted by molar-refractivity contribution is 6.16. The molecule has 6 amide bonds. The van der Waals surface area contributed by atoms with E-state index in [0.29, 0.717) is 0 Å². The molecule has 118 valence electrons. The SMILES string of the molecule is CC(C)(C)N1C(=O)C=C(CC(C)(C)N2C(=O)N=NC2=O)C1=O. The lowest BCUT2D eigenvalue weighted by Gasteiger charge is -2.33. The van der Waals surface area contributed by atoms with Gasteiger partial charge in [-0.25, -0.2) is 14.5 Å². The van der Waals surface area contributed by atoms with Crippen LogP contribution in [0.15, 0.2) is 21.9 Å². The predicted molar refractivity (Wildman–Crippen MR) is 75.9 cm³/mol. The second-order valence-electron chi connectivity index (χ2n) is 6.91. The van der Waals surface area contributed by atoms with Crippen molar-refractivity contribution in [2.24, 2.45) is 10.2 Å². The van der Waals surface area contributed by atoms with Crippen LogP contribution in [-0.4, -0.2) is 44.8 Å². The summed E-state index contributed by atoms with van der Waals surface area (Å²) in [5, 5.41) is 6.42. The number of amides is 6. The lowest BCUT2D eigenvalue weighted by molar-refractivity contribution is -0.142. The molecule has 0 saturated heterocycles. The molecule has 0 atom stereocenters. The van der Waals surface area contributed by atoms with E-state index >= 15 is 0 Å². The van der Waals surface area contributed by atoms with Gasteiger partial charge in [0.05, 0.1) is 5.54 Å². The summed E-state index contributed by atoms with van der Waals surface area (Å²) in [4.78, 5) is 49.8. The number of carbonyl (C=O) groups excluding carboxylic acids is 4. The van der Waals surface area contributed by atoms with E-state index in [1.165, 1.54) is 11.0 Å². The van der Waals surface area contributed by atoms with Crippen molar-refractivity contribution in [3.63, 3.8) is 0 Å². The average molecular weight is 306 g/mol. The van der Waals surface area contributed by atoms with E-state index < -0.39 is 35.0 Å². The van der Waals surface area contributed by atoms with Gasteiger partial charge in [-0.05, 0) is 34.6 Å². The molecule has 0 fully saturated rings. The molecule has 2 aliphatic heterocycles. The zero-order valence-corrected chi connectivity index (χ0v) is 13.2. The van der Waals surface area contributed by atoms with Crippen LogP contribution in [0.1, 0.15) is 41.0 Å². The standard InChI is InChI=1S/C14H18N4O4/c1-13(2,3)17-9(19)6-8(10(17)20)7-14(4,5)18-11(21)15-16-12(18)22/h6H,7H2,1-5H3. The number of azo groups is 1. The Hall–Kier alpha value is -2.38. The lowest BCUT2D eigenvalue weighted by Crippen LogP contribution is -2.49. The Morgan fingerprint density at radius 2 is 1.41 bits per heavy atom. The molecule has 0 aromatic heterocycles. The van der Waals surface area contributed by atoms with Gasteiger partial charge in [-0.1, -0.05) is 10.2 Å². The topological polar surface area (TPSA) is 99.5 Å². The van der Waals surface area contributed by atoms with Crippen molar-refractivity contribution in [3.8, 4) is 0 Å². The van der Waals surface area contributed by atoms with E-state index in [4.69, 9.17) is 0 Å². The highest BCUT2D eigenvalue weighted by atomic mass is 16.2. The molecule has 0 aromatic rings. The molecule has 0 aromatic carbocycles. The quantitative estimate of drug-likeness (QED) is 0.746. The van der Waals surface area contributed by atoms with Crippen molar-refractivity contribution in [2.75, 3.05) is 0 Å². The minimum atomic E-state index is -1.01. The molecule has 0 radical (unpaired) electrons. The number of carbonyl (C=O) groups is 4. The summed E-state index contributed by atoms with van der Waals surface area (Å²) in [6.07, 6.45) is 1.32. The Balaban J connectivity index is 2.23. The Bertz CT molecular complexity index is 622. The summed E-state index contributed by atoms with van der Waals surface area (Å²) >= 11 is 0. The second-order valence-corrected chi connectivity index (χ2v) is 6.91. The Morgan fingerprint density at radius 1 is 0.909 bits per heavy atom. The molecule has 0 bridgehead atoms. The summed E-state index contributed by atoms with van der Waals surface area (Å²) in [6.45, 7) is 8.52. The zero-order valence-electron chi connectivity index (χ0n) is 13.2. The van der Waals surface area contributed by atoms with Crippen LogP contribution in [0, 0.1) is 0 Å². The monoisotopic (exact) mass is 306 g/mol. The minimum absolute atomic E-state index is 0.0622. The normalized spacial score (nSPS) is 19.6. The van der Waals surface area contributed by atoms with Gasteiger partial charge in [0.2, 0.25) is 0 Å². The minimum Gasteiger partial charge on any atom is -0.270 e. The summed E-state index contributed by atoms with van der Waals surface area (Å²) in [6, 6.07) is -1.53. The first-order valence-corrected chi connectivity index (χ1v) is 6.84. The van der Waals surface area contributed by atoms with Gasteiger partial charge in [-0.2, -0.15) is 0 Å². The molecule has 8 nitrogen and oxygen atoms in total. The van der Waals surface area contributed by atoms with E-state index in [1.807, 2.05) is 0 Å². The third kappa shape index (κ3) is 2.56. The number of rotatable bonds is 3. The maximum atomic E-state index is 12.4. The molecule has 22 heavy (non-hydrogen) atoms. The van der Waals surface area contributed by atoms with Gasteiger partial charge in [0.25, 0.3) is 11.8 Å². The van der Waals surface area contributed by atoms with Gasteiger partial charge in [-0.15, -0.1) is 0 Å². The Morgan fingerprint density at radius 3 is 1.82 bits per heavy atom. The third-order valence-corrected chi connectivity index (χ3v) is 3.50. The van der Waals surface area contributed by atoms with Crippen molar-refractivity contribution in [1.29, 1.82) is 0 Å². The van der Waals surface area contributed by atoms with Crippen molar-refractivity contribution in [2.45, 2.75) is 52.1 Å². The van der Waals surface area contributed by atoms with Crippen molar-refractivity contribution in [1.82, 2.24) is 9.80 Å². The molecule has 0 N–H and O–H groups in total. The highest BCUT2D eigenvalue weighted by Crippen LogP contribution is 2.32. The van der Waals surface area contributed by atoms with E-state index in [0.717, 1.165) is 4.90 Å². The van der Waals surface area contributed by atoms with Crippen LogP contribution in [-0.2, 0) is 9.59 Å². The maximum absolute atomic E-state index is 12.4. The van der Waals surface area contributed by atoms with Gasteiger partial charge in [0.15, 0.2) is 0 Å². The smallest absolute Gasteiger partial charge is 0.270 e. The fourth-order valence-electron chi connectivity index (χ4n) is 2.60. The predicted octanol–water partition coefficient (Wildman–Crippen LogP) is 2.26. The third-order valence-electron chi connectivity index (χ3n) is 3.50. The number of imide groups is 2. The molecule has 2 heterocycles. The number of hydrogen-bond acceptors (Lipinski definition) is 4. The molecule has 0 saturated carbocycles. The van der Waals surface area contributed by atoms with Gasteiger partial charge < -0.3 is 0 Å². The number of nitrogens with zero attached hydrogens (tertiary/aromatic N) is 4. The Kier molecular flexibility index (Phi) is 3.51. The van der Waals surface area contributed by atoms with Gasteiger partial charge in [-0.3, -0.25) is 14.5 Å². The molecular formula is C14H18N4O4. The molecule has 0 spiro atoms.